The van der Waals surface area contributed by atoms with Gasteiger partial charge in [-0.15, -0.1) is 5.10 Å². The molecule has 1 amide bonds. The van der Waals surface area contributed by atoms with Crippen LogP contribution in [0.2, 0.25) is 0 Å². The first kappa shape index (κ1) is 21.4. The first-order chi connectivity index (χ1) is 14.2. The lowest BCUT2D eigenvalue weighted by atomic mass is 10.1. The van der Waals surface area contributed by atoms with E-state index in [0.29, 0.717) is 18.0 Å². The fourth-order valence-electron chi connectivity index (χ4n) is 2.69. The van der Waals surface area contributed by atoms with Gasteiger partial charge in [0, 0.05) is 17.2 Å². The molecule has 158 valence electrons. The van der Waals surface area contributed by atoms with E-state index >= 15 is 0 Å². The van der Waals surface area contributed by atoms with Gasteiger partial charge in [-0.3, -0.25) is 4.79 Å². The molecule has 1 heterocycles. The van der Waals surface area contributed by atoms with Crippen LogP contribution in [0.15, 0.2) is 48.5 Å². The van der Waals surface area contributed by atoms with Crippen LogP contribution in [0.4, 0.5) is 18.9 Å². The van der Waals surface area contributed by atoms with E-state index in [1.807, 2.05) is 0 Å². The molecule has 0 spiro atoms. The van der Waals surface area contributed by atoms with E-state index < -0.39 is 11.7 Å². The number of hydrogen-bond acceptors (Lipinski definition) is 4. The van der Waals surface area contributed by atoms with Crippen molar-refractivity contribution in [2.45, 2.75) is 26.9 Å². The van der Waals surface area contributed by atoms with Crippen LogP contribution in [0.1, 0.15) is 26.3 Å². The summed E-state index contributed by atoms with van der Waals surface area (Å²) in [6, 6.07) is 11.7. The van der Waals surface area contributed by atoms with Gasteiger partial charge < -0.3 is 10.1 Å². The predicted molar refractivity (Wildman–Crippen MR) is 106 cm³/mol. The zero-order valence-corrected chi connectivity index (χ0v) is 16.7. The molecule has 0 fully saturated rings. The Balaban J connectivity index is 2.07. The van der Waals surface area contributed by atoms with Crippen LogP contribution in [0.5, 0.6) is 6.01 Å². The van der Waals surface area contributed by atoms with Crippen molar-refractivity contribution in [3.8, 4) is 23.1 Å². The zero-order valence-electron chi connectivity index (χ0n) is 16.7. The van der Waals surface area contributed by atoms with E-state index in [0.717, 1.165) is 12.1 Å². The average Bonchev–Trinajstić information content (AvgIpc) is 3.12. The molecule has 9 heteroatoms. The molecular weight excluding hydrogens is 397 g/mol. The van der Waals surface area contributed by atoms with Gasteiger partial charge in [0.25, 0.3) is 0 Å². The number of nitrogens with zero attached hydrogens (tertiary/aromatic N) is 3. The van der Waals surface area contributed by atoms with Crippen molar-refractivity contribution >= 4 is 11.6 Å². The molecule has 2 aromatic carbocycles. The highest BCUT2D eigenvalue weighted by Crippen LogP contribution is 2.33. The number of nitrogens with one attached hydrogen (secondary N) is 1. The number of ether oxygens (including phenoxy) is 1. The number of anilines is 1. The fourth-order valence-corrected chi connectivity index (χ4v) is 2.69. The first-order valence-electron chi connectivity index (χ1n) is 9.38. The Morgan fingerprint density at radius 1 is 1.17 bits per heavy atom. The van der Waals surface area contributed by atoms with E-state index in [-0.39, 0.29) is 29.2 Å². The molecule has 0 saturated heterocycles. The van der Waals surface area contributed by atoms with Crippen molar-refractivity contribution < 1.29 is 22.7 Å². The van der Waals surface area contributed by atoms with Gasteiger partial charge in [-0.25, -0.2) is 4.68 Å². The van der Waals surface area contributed by atoms with E-state index in [2.05, 4.69) is 15.4 Å². The molecule has 1 N–H and O–H groups in total. The summed E-state index contributed by atoms with van der Waals surface area (Å²) in [5.74, 6) is -0.166. The van der Waals surface area contributed by atoms with Gasteiger partial charge in [0.1, 0.15) is 0 Å². The lowest BCUT2D eigenvalue weighted by Gasteiger charge is -2.11. The number of carbonyl (C=O) groups is 1. The van der Waals surface area contributed by atoms with Crippen molar-refractivity contribution in [2.24, 2.45) is 5.92 Å². The maximum absolute atomic E-state index is 13.2. The number of hydrogen-bond donors (Lipinski definition) is 1. The van der Waals surface area contributed by atoms with Crippen molar-refractivity contribution in [1.29, 1.82) is 0 Å². The quantitative estimate of drug-likeness (QED) is 0.615. The standard InChI is InChI=1S/C21H21F3N4O2/c1-4-30-20-26-18(14-7-5-8-15(11-14)21(22,23)24)28(27-20)17-10-6-9-16(12-17)25-19(29)13(2)3/h5-13H,4H2,1-3H3,(H,25,29). The van der Waals surface area contributed by atoms with Gasteiger partial charge in [0.15, 0.2) is 5.82 Å². The van der Waals surface area contributed by atoms with Crippen LogP contribution in [0.3, 0.4) is 0 Å². The molecule has 30 heavy (non-hydrogen) atoms. The van der Waals surface area contributed by atoms with Gasteiger partial charge in [-0.1, -0.05) is 32.0 Å². The number of benzene rings is 2. The smallest absolute Gasteiger partial charge is 0.416 e. The molecule has 0 aliphatic heterocycles. The van der Waals surface area contributed by atoms with Crippen LogP contribution in [-0.4, -0.2) is 27.3 Å². The summed E-state index contributed by atoms with van der Waals surface area (Å²) in [6.07, 6.45) is -4.48. The Morgan fingerprint density at radius 2 is 1.90 bits per heavy atom. The lowest BCUT2D eigenvalue weighted by Crippen LogP contribution is -2.17. The second kappa shape index (κ2) is 8.56. The number of alkyl halides is 3. The van der Waals surface area contributed by atoms with Crippen LogP contribution in [0.25, 0.3) is 17.1 Å². The maximum atomic E-state index is 13.2. The highest BCUT2D eigenvalue weighted by Gasteiger charge is 2.31. The van der Waals surface area contributed by atoms with Gasteiger partial charge in [0.2, 0.25) is 5.91 Å². The summed E-state index contributed by atoms with van der Waals surface area (Å²) in [5, 5.41) is 7.07. The Bertz CT molecular complexity index is 1040. The van der Waals surface area contributed by atoms with Crippen molar-refractivity contribution in [3.63, 3.8) is 0 Å². The first-order valence-corrected chi connectivity index (χ1v) is 9.38. The average molecular weight is 418 g/mol. The van der Waals surface area contributed by atoms with Crippen LogP contribution in [-0.2, 0) is 11.0 Å². The van der Waals surface area contributed by atoms with Gasteiger partial charge in [-0.05, 0) is 37.3 Å². The highest BCUT2D eigenvalue weighted by atomic mass is 19.4. The summed E-state index contributed by atoms with van der Waals surface area (Å²) >= 11 is 0. The molecule has 3 rings (SSSR count). The van der Waals surface area contributed by atoms with Crippen molar-refractivity contribution in [1.82, 2.24) is 14.8 Å². The molecule has 0 unspecified atom stereocenters. The Morgan fingerprint density at radius 3 is 2.57 bits per heavy atom. The van der Waals surface area contributed by atoms with Crippen LogP contribution < -0.4 is 10.1 Å². The number of aromatic nitrogens is 3. The molecule has 0 saturated carbocycles. The van der Waals surface area contributed by atoms with E-state index in [1.165, 1.54) is 16.8 Å². The second-order valence-corrected chi connectivity index (χ2v) is 6.84. The third-order valence-electron chi connectivity index (χ3n) is 4.19. The molecular formula is C21H21F3N4O2. The Hall–Kier alpha value is -3.36. The Labute approximate surface area is 171 Å². The summed E-state index contributed by atoms with van der Waals surface area (Å²) in [6.45, 7) is 5.61. The Kier molecular flexibility index (Phi) is 6.09. The van der Waals surface area contributed by atoms with Gasteiger partial charge in [-0.2, -0.15) is 18.2 Å². The molecule has 0 atom stereocenters. The molecule has 0 aliphatic rings. The number of rotatable bonds is 6. The van der Waals surface area contributed by atoms with E-state index in [4.69, 9.17) is 4.74 Å². The number of amides is 1. The van der Waals surface area contributed by atoms with Crippen molar-refractivity contribution in [2.75, 3.05) is 11.9 Å². The minimum atomic E-state index is -4.48. The van der Waals surface area contributed by atoms with Crippen LogP contribution in [0, 0.1) is 5.92 Å². The predicted octanol–water partition coefficient (Wildman–Crippen LogP) is 4.95. The van der Waals surface area contributed by atoms with Crippen LogP contribution >= 0.6 is 0 Å². The fraction of sp³-hybridized carbons (Fsp3) is 0.286. The van der Waals surface area contributed by atoms with Crippen molar-refractivity contribution in [3.05, 3.63) is 54.1 Å². The summed E-state index contributed by atoms with van der Waals surface area (Å²) in [4.78, 5) is 16.3. The molecule has 3 aromatic rings. The molecule has 0 bridgehead atoms. The van der Waals surface area contributed by atoms with Gasteiger partial charge >= 0.3 is 12.2 Å². The molecule has 0 radical (unpaired) electrons. The maximum Gasteiger partial charge on any atom is 0.416 e. The highest BCUT2D eigenvalue weighted by molar-refractivity contribution is 5.92. The summed E-state index contributed by atoms with van der Waals surface area (Å²) < 4.78 is 46.2. The number of halogens is 3. The summed E-state index contributed by atoms with van der Waals surface area (Å²) in [5.41, 5.74) is 0.502. The topological polar surface area (TPSA) is 69.0 Å². The van der Waals surface area contributed by atoms with E-state index in [1.54, 1.807) is 45.0 Å². The monoisotopic (exact) mass is 418 g/mol. The second-order valence-electron chi connectivity index (χ2n) is 6.84. The third kappa shape index (κ3) is 4.79. The molecule has 1 aromatic heterocycles. The zero-order chi connectivity index (χ0) is 21.9. The minimum absolute atomic E-state index is 0.0431. The van der Waals surface area contributed by atoms with Gasteiger partial charge in [0.05, 0.1) is 17.9 Å². The SMILES string of the molecule is CCOc1nc(-c2cccc(C(F)(F)F)c2)n(-c2cccc(NC(=O)C(C)C)c2)n1. The van der Waals surface area contributed by atoms with E-state index in [9.17, 15) is 18.0 Å². The largest absolute Gasteiger partial charge is 0.463 e. The third-order valence-corrected chi connectivity index (χ3v) is 4.19. The number of carbonyl (C=O) groups excluding carboxylic acids is 1. The summed E-state index contributed by atoms with van der Waals surface area (Å²) in [7, 11) is 0. The normalized spacial score (nSPS) is 11.6. The molecule has 0 aliphatic carbocycles. The minimum Gasteiger partial charge on any atom is -0.463 e. The molecule has 6 nitrogen and oxygen atoms in total. The lowest BCUT2D eigenvalue weighted by molar-refractivity contribution is -0.137.